The lowest BCUT2D eigenvalue weighted by molar-refractivity contribution is -0.123. The smallest absolute Gasteiger partial charge is 0.230 e. The van der Waals surface area contributed by atoms with Gasteiger partial charge in [0.25, 0.3) is 0 Å². The molecule has 4 heteroatoms. The van der Waals surface area contributed by atoms with Crippen molar-refractivity contribution in [2.24, 2.45) is 0 Å². The van der Waals surface area contributed by atoms with Gasteiger partial charge in [0.05, 0.1) is 5.41 Å². The van der Waals surface area contributed by atoms with E-state index in [1.807, 2.05) is 0 Å². The summed E-state index contributed by atoms with van der Waals surface area (Å²) in [7, 11) is 0. The van der Waals surface area contributed by atoms with Gasteiger partial charge >= 0.3 is 0 Å². The van der Waals surface area contributed by atoms with Crippen LogP contribution in [-0.2, 0) is 10.2 Å². The summed E-state index contributed by atoms with van der Waals surface area (Å²) in [4.78, 5) is 12.0. The number of hydrogen-bond acceptors (Lipinski definition) is 2. The van der Waals surface area contributed by atoms with Gasteiger partial charge in [0.2, 0.25) is 5.91 Å². The molecule has 1 amide bonds. The Hall–Kier alpha value is -1.42. The van der Waals surface area contributed by atoms with Crippen molar-refractivity contribution in [1.29, 1.82) is 0 Å². The fourth-order valence-corrected chi connectivity index (χ4v) is 2.01. The molecule has 17 heavy (non-hydrogen) atoms. The number of carbonyl (C=O) groups is 1. The second-order valence-electron chi connectivity index (χ2n) is 4.43. The maximum Gasteiger partial charge on any atom is 0.230 e. The minimum absolute atomic E-state index is 0.0587. The number of rotatable bonds is 5. The molecule has 0 radical (unpaired) electrons. The third-order valence-electron chi connectivity index (χ3n) is 3.18. The first-order valence-corrected chi connectivity index (χ1v) is 5.84. The third-order valence-corrected chi connectivity index (χ3v) is 3.18. The summed E-state index contributed by atoms with van der Waals surface area (Å²) in [5, 5.41) is 11.4. The van der Waals surface area contributed by atoms with Crippen LogP contribution in [0.25, 0.3) is 0 Å². The quantitative estimate of drug-likeness (QED) is 0.760. The van der Waals surface area contributed by atoms with Gasteiger partial charge in [-0.1, -0.05) is 12.1 Å². The molecule has 0 aromatic heterocycles. The molecule has 1 saturated carbocycles. The van der Waals surface area contributed by atoms with E-state index < -0.39 is 5.41 Å². The Morgan fingerprint density at radius 2 is 2.24 bits per heavy atom. The Kier molecular flexibility index (Phi) is 3.43. The number of aliphatic hydroxyl groups excluding tert-OH is 1. The Morgan fingerprint density at radius 1 is 1.47 bits per heavy atom. The van der Waals surface area contributed by atoms with Crippen LogP contribution in [-0.4, -0.2) is 24.2 Å². The molecular formula is C13H16FNO2. The monoisotopic (exact) mass is 237 g/mol. The highest BCUT2D eigenvalue weighted by molar-refractivity contribution is 5.91. The highest BCUT2D eigenvalue weighted by atomic mass is 19.1. The summed E-state index contributed by atoms with van der Waals surface area (Å²) in [6, 6.07) is 6.23. The summed E-state index contributed by atoms with van der Waals surface area (Å²) >= 11 is 0. The molecule has 0 bridgehead atoms. The molecule has 2 rings (SSSR count). The van der Waals surface area contributed by atoms with Crippen LogP contribution in [0, 0.1) is 5.82 Å². The summed E-state index contributed by atoms with van der Waals surface area (Å²) in [6.45, 7) is 0.527. The van der Waals surface area contributed by atoms with E-state index in [9.17, 15) is 9.18 Å². The van der Waals surface area contributed by atoms with Gasteiger partial charge in [0, 0.05) is 13.2 Å². The second kappa shape index (κ2) is 4.84. The Labute approximate surface area is 99.7 Å². The van der Waals surface area contributed by atoms with Gasteiger partial charge in [-0.15, -0.1) is 0 Å². The first kappa shape index (κ1) is 12.0. The standard InChI is InChI=1S/C13H16FNO2/c14-11-4-1-3-10(9-11)13(5-6-13)12(17)15-7-2-8-16/h1,3-4,9,16H,2,5-8H2,(H,15,17). The maximum absolute atomic E-state index is 13.1. The van der Waals surface area contributed by atoms with Crippen molar-refractivity contribution in [3.63, 3.8) is 0 Å². The fourth-order valence-electron chi connectivity index (χ4n) is 2.01. The van der Waals surface area contributed by atoms with Crippen molar-refractivity contribution in [2.75, 3.05) is 13.2 Å². The average molecular weight is 237 g/mol. The van der Waals surface area contributed by atoms with E-state index in [2.05, 4.69) is 5.32 Å². The molecule has 0 aliphatic heterocycles. The predicted molar refractivity (Wildman–Crippen MR) is 62.0 cm³/mol. The van der Waals surface area contributed by atoms with Gasteiger partial charge < -0.3 is 10.4 Å². The molecule has 1 aromatic rings. The summed E-state index contributed by atoms with van der Waals surface area (Å²) < 4.78 is 13.1. The lowest BCUT2D eigenvalue weighted by Gasteiger charge is -2.15. The maximum atomic E-state index is 13.1. The number of carbonyl (C=O) groups excluding carboxylic acids is 1. The average Bonchev–Trinajstić information content (AvgIpc) is 3.10. The van der Waals surface area contributed by atoms with E-state index in [0.29, 0.717) is 13.0 Å². The van der Waals surface area contributed by atoms with Crippen LogP contribution in [0.3, 0.4) is 0 Å². The molecule has 1 aliphatic carbocycles. The largest absolute Gasteiger partial charge is 0.396 e. The Bertz CT molecular complexity index is 416. The fraction of sp³-hybridized carbons (Fsp3) is 0.462. The number of hydrogen-bond donors (Lipinski definition) is 2. The molecule has 3 nitrogen and oxygen atoms in total. The topological polar surface area (TPSA) is 49.3 Å². The minimum atomic E-state index is -0.530. The first-order valence-electron chi connectivity index (χ1n) is 5.84. The molecule has 0 unspecified atom stereocenters. The van der Waals surface area contributed by atoms with Crippen LogP contribution < -0.4 is 5.32 Å². The Morgan fingerprint density at radius 3 is 2.82 bits per heavy atom. The number of halogens is 1. The van der Waals surface area contributed by atoms with E-state index >= 15 is 0 Å². The van der Waals surface area contributed by atoms with E-state index in [-0.39, 0.29) is 18.3 Å². The second-order valence-corrected chi connectivity index (χ2v) is 4.43. The van der Waals surface area contributed by atoms with Crippen LogP contribution >= 0.6 is 0 Å². The number of aliphatic hydroxyl groups is 1. The lowest BCUT2D eigenvalue weighted by atomic mass is 9.95. The molecule has 0 heterocycles. The van der Waals surface area contributed by atoms with Crippen molar-refractivity contribution in [2.45, 2.75) is 24.7 Å². The zero-order valence-electron chi connectivity index (χ0n) is 9.58. The summed E-state index contributed by atoms with van der Waals surface area (Å²) in [5.41, 5.74) is 0.219. The Balaban J connectivity index is 2.06. The van der Waals surface area contributed by atoms with Gasteiger partial charge in [0.1, 0.15) is 5.82 Å². The molecule has 92 valence electrons. The van der Waals surface area contributed by atoms with Gasteiger partial charge in [-0.2, -0.15) is 0 Å². The zero-order chi connectivity index (χ0) is 12.3. The van der Waals surface area contributed by atoms with E-state index in [1.54, 1.807) is 12.1 Å². The predicted octanol–water partition coefficient (Wildman–Crippen LogP) is 1.36. The van der Waals surface area contributed by atoms with Crippen LogP contribution in [0.2, 0.25) is 0 Å². The molecule has 1 aromatic carbocycles. The summed E-state index contributed by atoms with van der Waals surface area (Å²) in [5.74, 6) is -0.367. The van der Waals surface area contributed by atoms with E-state index in [0.717, 1.165) is 18.4 Å². The third kappa shape index (κ3) is 2.47. The highest BCUT2D eigenvalue weighted by Crippen LogP contribution is 2.48. The number of nitrogens with one attached hydrogen (secondary N) is 1. The van der Waals surface area contributed by atoms with Crippen molar-refractivity contribution < 1.29 is 14.3 Å². The number of benzene rings is 1. The van der Waals surface area contributed by atoms with Crippen molar-refractivity contribution in [1.82, 2.24) is 5.32 Å². The normalized spacial score (nSPS) is 16.6. The summed E-state index contributed by atoms with van der Waals surface area (Å²) in [6.07, 6.45) is 2.08. The molecule has 0 atom stereocenters. The zero-order valence-corrected chi connectivity index (χ0v) is 9.58. The van der Waals surface area contributed by atoms with Crippen LogP contribution in [0.5, 0.6) is 0 Å². The SMILES string of the molecule is O=C(NCCCO)C1(c2cccc(F)c2)CC1. The van der Waals surface area contributed by atoms with Gasteiger partial charge in [-0.25, -0.2) is 4.39 Å². The molecule has 0 spiro atoms. The van der Waals surface area contributed by atoms with Gasteiger partial charge in [-0.3, -0.25) is 4.79 Å². The first-order chi connectivity index (χ1) is 8.19. The van der Waals surface area contributed by atoms with Crippen molar-refractivity contribution >= 4 is 5.91 Å². The van der Waals surface area contributed by atoms with Gasteiger partial charge in [-0.05, 0) is 37.0 Å². The van der Waals surface area contributed by atoms with Gasteiger partial charge in [0.15, 0.2) is 0 Å². The van der Waals surface area contributed by atoms with Crippen LogP contribution in [0.15, 0.2) is 24.3 Å². The lowest BCUT2D eigenvalue weighted by Crippen LogP contribution is -2.35. The van der Waals surface area contributed by atoms with E-state index in [4.69, 9.17) is 5.11 Å². The van der Waals surface area contributed by atoms with E-state index in [1.165, 1.54) is 12.1 Å². The van der Waals surface area contributed by atoms with Crippen molar-refractivity contribution in [3.8, 4) is 0 Å². The number of amides is 1. The van der Waals surface area contributed by atoms with Crippen molar-refractivity contribution in [3.05, 3.63) is 35.6 Å². The van der Waals surface area contributed by atoms with Crippen LogP contribution in [0.4, 0.5) is 4.39 Å². The molecule has 2 N–H and O–H groups in total. The highest BCUT2D eigenvalue weighted by Gasteiger charge is 2.51. The molecule has 0 saturated heterocycles. The van der Waals surface area contributed by atoms with Crippen LogP contribution in [0.1, 0.15) is 24.8 Å². The minimum Gasteiger partial charge on any atom is -0.396 e. The molecular weight excluding hydrogens is 221 g/mol. The molecule has 1 fully saturated rings. The molecule has 1 aliphatic rings.